The zero-order chi connectivity index (χ0) is 10.7. The van der Waals surface area contributed by atoms with Crippen molar-refractivity contribution in [3.05, 3.63) is 41.5 Å². The van der Waals surface area contributed by atoms with Gasteiger partial charge in [0.25, 0.3) is 0 Å². The third kappa shape index (κ3) is 1.80. The topological polar surface area (TPSA) is 23.8 Å². The quantitative estimate of drug-likeness (QED) is 0.707. The molecule has 1 heteroatoms. The SMILES string of the molecule is C/C(=C/c1ccccc1)C1(C#N)CCC1. The summed E-state index contributed by atoms with van der Waals surface area (Å²) in [5.74, 6) is 0. The standard InChI is InChI=1S/C14H15N/c1-12(14(11-15)8-5-9-14)10-13-6-3-2-4-7-13/h2-4,6-7,10H,5,8-9H2,1H3/b12-10-. The lowest BCUT2D eigenvalue weighted by Crippen LogP contribution is -2.28. The molecule has 1 aliphatic carbocycles. The fourth-order valence-corrected chi connectivity index (χ4v) is 2.06. The Hall–Kier alpha value is -1.55. The van der Waals surface area contributed by atoms with Crippen LogP contribution in [0.1, 0.15) is 31.7 Å². The third-order valence-electron chi connectivity index (χ3n) is 3.36. The molecule has 1 nitrogen and oxygen atoms in total. The van der Waals surface area contributed by atoms with Gasteiger partial charge < -0.3 is 0 Å². The molecule has 0 amide bonds. The van der Waals surface area contributed by atoms with Crippen LogP contribution in [-0.2, 0) is 0 Å². The average Bonchev–Trinajstić information content (AvgIpc) is 2.18. The monoisotopic (exact) mass is 197 g/mol. The second kappa shape index (κ2) is 3.90. The molecule has 1 aliphatic rings. The second-order valence-corrected chi connectivity index (χ2v) is 4.29. The Bertz CT molecular complexity index is 405. The zero-order valence-electron chi connectivity index (χ0n) is 9.03. The molecule has 0 unspecified atom stereocenters. The second-order valence-electron chi connectivity index (χ2n) is 4.29. The smallest absolute Gasteiger partial charge is 0.0783 e. The van der Waals surface area contributed by atoms with Gasteiger partial charge >= 0.3 is 0 Å². The molecule has 0 N–H and O–H groups in total. The van der Waals surface area contributed by atoms with Crippen LogP contribution in [0, 0.1) is 16.7 Å². The first kappa shape index (κ1) is 9.98. The van der Waals surface area contributed by atoms with Gasteiger partial charge in [0.15, 0.2) is 0 Å². The van der Waals surface area contributed by atoms with Gasteiger partial charge in [0.1, 0.15) is 0 Å². The summed E-state index contributed by atoms with van der Waals surface area (Å²) >= 11 is 0. The van der Waals surface area contributed by atoms with Gasteiger partial charge in [0, 0.05) is 0 Å². The number of hydrogen-bond donors (Lipinski definition) is 0. The van der Waals surface area contributed by atoms with Gasteiger partial charge in [0.05, 0.1) is 11.5 Å². The van der Waals surface area contributed by atoms with Crippen molar-refractivity contribution in [2.45, 2.75) is 26.2 Å². The summed E-state index contributed by atoms with van der Waals surface area (Å²) in [5.41, 5.74) is 2.24. The molecule has 0 bridgehead atoms. The van der Waals surface area contributed by atoms with E-state index in [1.807, 2.05) is 18.2 Å². The Balaban J connectivity index is 2.25. The van der Waals surface area contributed by atoms with Crippen molar-refractivity contribution in [2.24, 2.45) is 5.41 Å². The van der Waals surface area contributed by atoms with Crippen molar-refractivity contribution in [3.8, 4) is 6.07 Å². The summed E-state index contributed by atoms with van der Waals surface area (Å²) in [6, 6.07) is 12.7. The van der Waals surface area contributed by atoms with E-state index in [0.717, 1.165) is 12.8 Å². The van der Waals surface area contributed by atoms with Crippen LogP contribution in [0.3, 0.4) is 0 Å². The summed E-state index contributed by atoms with van der Waals surface area (Å²) < 4.78 is 0. The Kier molecular flexibility index (Phi) is 2.60. The van der Waals surface area contributed by atoms with Crippen LogP contribution in [-0.4, -0.2) is 0 Å². The largest absolute Gasteiger partial charge is 0.197 e. The third-order valence-corrected chi connectivity index (χ3v) is 3.36. The maximum absolute atomic E-state index is 9.19. The van der Waals surface area contributed by atoms with Crippen molar-refractivity contribution >= 4 is 6.08 Å². The van der Waals surface area contributed by atoms with Crippen molar-refractivity contribution in [1.29, 1.82) is 5.26 Å². The highest BCUT2D eigenvalue weighted by Gasteiger charge is 2.38. The van der Waals surface area contributed by atoms with E-state index in [9.17, 15) is 5.26 Å². The predicted molar refractivity (Wildman–Crippen MR) is 62.0 cm³/mol. The first-order valence-electron chi connectivity index (χ1n) is 5.42. The van der Waals surface area contributed by atoms with Crippen LogP contribution >= 0.6 is 0 Å². The van der Waals surface area contributed by atoms with E-state index >= 15 is 0 Å². The van der Waals surface area contributed by atoms with E-state index in [2.05, 4.69) is 31.2 Å². The minimum Gasteiger partial charge on any atom is -0.197 e. The molecule has 0 spiro atoms. The molecular formula is C14H15N. The predicted octanol–water partition coefficient (Wildman–Crippen LogP) is 3.78. The van der Waals surface area contributed by atoms with Crippen molar-refractivity contribution < 1.29 is 0 Å². The average molecular weight is 197 g/mol. The van der Waals surface area contributed by atoms with Crippen LogP contribution in [0.15, 0.2) is 35.9 Å². The minimum absolute atomic E-state index is 0.157. The molecule has 0 aromatic heterocycles. The molecule has 0 atom stereocenters. The lowest BCUT2D eigenvalue weighted by molar-refractivity contribution is 0.270. The van der Waals surface area contributed by atoms with Crippen molar-refractivity contribution in [3.63, 3.8) is 0 Å². The first-order valence-corrected chi connectivity index (χ1v) is 5.42. The van der Waals surface area contributed by atoms with E-state index < -0.39 is 0 Å². The molecule has 0 aliphatic heterocycles. The normalized spacial score (nSPS) is 19.1. The molecule has 76 valence electrons. The fourth-order valence-electron chi connectivity index (χ4n) is 2.06. The summed E-state index contributed by atoms with van der Waals surface area (Å²) in [4.78, 5) is 0. The molecule has 1 fully saturated rings. The van der Waals surface area contributed by atoms with Gasteiger partial charge in [0.2, 0.25) is 0 Å². The summed E-state index contributed by atoms with van der Waals surface area (Å²) in [6.07, 6.45) is 5.38. The molecule has 15 heavy (non-hydrogen) atoms. The van der Waals surface area contributed by atoms with E-state index in [1.165, 1.54) is 17.6 Å². The van der Waals surface area contributed by atoms with Gasteiger partial charge in [-0.15, -0.1) is 0 Å². The molecule has 1 aromatic carbocycles. The highest BCUT2D eigenvalue weighted by atomic mass is 14.4. The molecule has 0 radical (unpaired) electrons. The summed E-state index contributed by atoms with van der Waals surface area (Å²) in [7, 11) is 0. The number of rotatable bonds is 2. The maximum Gasteiger partial charge on any atom is 0.0783 e. The highest BCUT2D eigenvalue weighted by molar-refractivity contribution is 5.55. The van der Waals surface area contributed by atoms with Gasteiger partial charge in [-0.3, -0.25) is 0 Å². The Morgan fingerprint density at radius 3 is 2.47 bits per heavy atom. The Morgan fingerprint density at radius 2 is 2.00 bits per heavy atom. The van der Waals surface area contributed by atoms with Crippen LogP contribution in [0.25, 0.3) is 6.08 Å². The number of hydrogen-bond acceptors (Lipinski definition) is 1. The van der Waals surface area contributed by atoms with Gasteiger partial charge in [-0.1, -0.05) is 42.0 Å². The summed E-state index contributed by atoms with van der Waals surface area (Å²) in [5, 5.41) is 9.19. The van der Waals surface area contributed by atoms with Crippen molar-refractivity contribution in [1.82, 2.24) is 0 Å². The van der Waals surface area contributed by atoms with E-state index in [0.29, 0.717) is 0 Å². The van der Waals surface area contributed by atoms with Crippen molar-refractivity contribution in [2.75, 3.05) is 0 Å². The fraction of sp³-hybridized carbons (Fsp3) is 0.357. The summed E-state index contributed by atoms with van der Waals surface area (Å²) in [6.45, 7) is 2.08. The highest BCUT2D eigenvalue weighted by Crippen LogP contribution is 2.46. The number of nitrogens with zero attached hydrogens (tertiary/aromatic N) is 1. The van der Waals surface area contributed by atoms with E-state index in [1.54, 1.807) is 0 Å². The Labute approximate surface area is 91.0 Å². The van der Waals surface area contributed by atoms with Gasteiger partial charge in [-0.2, -0.15) is 5.26 Å². The van der Waals surface area contributed by atoms with Gasteiger partial charge in [-0.05, 0) is 31.7 Å². The van der Waals surface area contributed by atoms with E-state index in [-0.39, 0.29) is 5.41 Å². The lowest BCUT2D eigenvalue weighted by atomic mass is 9.65. The minimum atomic E-state index is -0.157. The van der Waals surface area contributed by atoms with Crippen LogP contribution in [0.5, 0.6) is 0 Å². The maximum atomic E-state index is 9.19. The molecule has 0 saturated heterocycles. The molecule has 2 rings (SSSR count). The molecule has 0 heterocycles. The Morgan fingerprint density at radius 1 is 1.33 bits per heavy atom. The van der Waals surface area contributed by atoms with Gasteiger partial charge in [-0.25, -0.2) is 0 Å². The number of allylic oxidation sites excluding steroid dienone is 1. The molecular weight excluding hydrogens is 182 g/mol. The van der Waals surface area contributed by atoms with E-state index in [4.69, 9.17) is 0 Å². The van der Waals surface area contributed by atoms with Crippen LogP contribution in [0.4, 0.5) is 0 Å². The van der Waals surface area contributed by atoms with Crippen LogP contribution < -0.4 is 0 Å². The number of nitriles is 1. The zero-order valence-corrected chi connectivity index (χ0v) is 9.03. The molecule has 1 aromatic rings. The number of benzene rings is 1. The lowest BCUT2D eigenvalue weighted by Gasteiger charge is -2.36. The first-order chi connectivity index (χ1) is 7.27. The van der Waals surface area contributed by atoms with Crippen LogP contribution in [0.2, 0.25) is 0 Å². The molecule has 1 saturated carbocycles.